The van der Waals surface area contributed by atoms with Crippen LogP contribution in [0.1, 0.15) is 29.0 Å². The summed E-state index contributed by atoms with van der Waals surface area (Å²) >= 11 is 5.85. The van der Waals surface area contributed by atoms with Crippen molar-refractivity contribution < 1.29 is 14.6 Å². The molecular formula is C15H17ClN4O3. The van der Waals surface area contributed by atoms with Crippen molar-refractivity contribution in [2.24, 2.45) is 0 Å². The molecule has 0 saturated carbocycles. The third-order valence-corrected chi connectivity index (χ3v) is 3.87. The van der Waals surface area contributed by atoms with E-state index in [2.05, 4.69) is 15.5 Å². The third kappa shape index (κ3) is 3.69. The standard InChI is InChI=1S/C15H17ClN4O3/c16-10-3-5-11(6-4-10)20-18-13(9-21)14(19-20)15(22)17-8-12-2-1-7-23-12/h3-6,12,21H,1-2,7-9H2,(H,17,22)/t12-/m0/s1. The zero-order valence-electron chi connectivity index (χ0n) is 12.4. The molecule has 2 heterocycles. The van der Waals surface area contributed by atoms with Gasteiger partial charge < -0.3 is 15.2 Å². The first-order chi connectivity index (χ1) is 11.2. The van der Waals surface area contributed by atoms with E-state index in [0.29, 0.717) is 17.3 Å². The van der Waals surface area contributed by atoms with Crippen molar-refractivity contribution in [1.29, 1.82) is 0 Å². The van der Waals surface area contributed by atoms with Gasteiger partial charge >= 0.3 is 0 Å². The summed E-state index contributed by atoms with van der Waals surface area (Å²) in [6, 6.07) is 6.88. The molecule has 1 aromatic heterocycles. The Bertz CT molecular complexity index is 681. The van der Waals surface area contributed by atoms with Crippen LogP contribution in [0.3, 0.4) is 0 Å². The maximum absolute atomic E-state index is 12.3. The number of hydrogen-bond donors (Lipinski definition) is 2. The fourth-order valence-electron chi connectivity index (χ4n) is 2.40. The van der Waals surface area contributed by atoms with Gasteiger partial charge in [0.1, 0.15) is 5.69 Å². The third-order valence-electron chi connectivity index (χ3n) is 3.62. The van der Waals surface area contributed by atoms with Crippen LogP contribution in [0.15, 0.2) is 24.3 Å². The monoisotopic (exact) mass is 336 g/mol. The number of nitrogens with zero attached hydrogens (tertiary/aromatic N) is 3. The number of hydrogen-bond acceptors (Lipinski definition) is 5. The summed E-state index contributed by atoms with van der Waals surface area (Å²) in [5.41, 5.74) is 0.993. The predicted octanol–water partition coefficient (Wildman–Crippen LogP) is 1.32. The Hall–Kier alpha value is -1.96. The van der Waals surface area contributed by atoms with Gasteiger partial charge in [-0.1, -0.05) is 11.6 Å². The Kier molecular flexibility index (Phi) is 4.90. The molecule has 0 aliphatic carbocycles. The van der Waals surface area contributed by atoms with Gasteiger partial charge in [-0.2, -0.15) is 4.80 Å². The molecule has 0 unspecified atom stereocenters. The fourth-order valence-corrected chi connectivity index (χ4v) is 2.53. The Labute approximate surface area is 138 Å². The maximum atomic E-state index is 12.3. The van der Waals surface area contributed by atoms with Crippen molar-refractivity contribution in [3.8, 4) is 5.69 Å². The second-order valence-corrected chi connectivity index (χ2v) is 5.70. The van der Waals surface area contributed by atoms with E-state index < -0.39 is 0 Å². The van der Waals surface area contributed by atoms with Crippen LogP contribution in [-0.2, 0) is 11.3 Å². The van der Waals surface area contributed by atoms with E-state index in [9.17, 15) is 9.90 Å². The van der Waals surface area contributed by atoms with E-state index in [0.717, 1.165) is 19.4 Å². The van der Waals surface area contributed by atoms with Gasteiger partial charge in [0, 0.05) is 18.2 Å². The molecular weight excluding hydrogens is 320 g/mol. The van der Waals surface area contributed by atoms with E-state index in [1.165, 1.54) is 4.80 Å². The van der Waals surface area contributed by atoms with Crippen LogP contribution < -0.4 is 5.32 Å². The highest BCUT2D eigenvalue weighted by atomic mass is 35.5. The largest absolute Gasteiger partial charge is 0.390 e. The minimum atomic E-state index is -0.371. The quantitative estimate of drug-likeness (QED) is 0.859. The molecule has 3 rings (SSSR count). The number of carbonyl (C=O) groups excluding carboxylic acids is 1. The van der Waals surface area contributed by atoms with Crippen LogP contribution in [0.2, 0.25) is 5.02 Å². The van der Waals surface area contributed by atoms with Crippen molar-refractivity contribution in [2.75, 3.05) is 13.2 Å². The molecule has 2 N–H and O–H groups in total. The van der Waals surface area contributed by atoms with E-state index in [-0.39, 0.29) is 30.0 Å². The fraction of sp³-hybridized carbons (Fsp3) is 0.400. The average Bonchev–Trinajstić information content (AvgIpc) is 3.22. The molecule has 7 nitrogen and oxygen atoms in total. The van der Waals surface area contributed by atoms with Crippen molar-refractivity contribution in [1.82, 2.24) is 20.3 Å². The van der Waals surface area contributed by atoms with Gasteiger partial charge in [-0.05, 0) is 37.1 Å². The molecule has 0 spiro atoms. The lowest BCUT2D eigenvalue weighted by Gasteiger charge is -2.09. The van der Waals surface area contributed by atoms with E-state index >= 15 is 0 Å². The molecule has 1 amide bonds. The summed E-state index contributed by atoms with van der Waals surface area (Å²) in [4.78, 5) is 13.6. The van der Waals surface area contributed by atoms with E-state index in [1.807, 2.05) is 0 Å². The number of amides is 1. The van der Waals surface area contributed by atoms with Crippen LogP contribution in [0.5, 0.6) is 0 Å². The lowest BCUT2D eigenvalue weighted by Crippen LogP contribution is -2.32. The number of aliphatic hydroxyl groups excluding tert-OH is 1. The lowest BCUT2D eigenvalue weighted by molar-refractivity contribution is 0.0851. The molecule has 122 valence electrons. The Balaban J connectivity index is 1.75. The molecule has 8 heteroatoms. The molecule has 1 atom stereocenters. The van der Waals surface area contributed by atoms with Gasteiger partial charge in [0.25, 0.3) is 5.91 Å². The van der Waals surface area contributed by atoms with Crippen molar-refractivity contribution >= 4 is 17.5 Å². The SMILES string of the molecule is O=C(NC[C@@H]1CCCO1)c1nn(-c2ccc(Cl)cc2)nc1CO. The number of halogens is 1. The lowest BCUT2D eigenvalue weighted by atomic mass is 10.2. The number of nitrogens with one attached hydrogen (secondary N) is 1. The highest BCUT2D eigenvalue weighted by Gasteiger charge is 2.21. The molecule has 1 aromatic carbocycles. The highest BCUT2D eigenvalue weighted by molar-refractivity contribution is 6.30. The van der Waals surface area contributed by atoms with Crippen LogP contribution >= 0.6 is 11.6 Å². The summed E-state index contributed by atoms with van der Waals surface area (Å²) in [6.45, 7) is 0.795. The van der Waals surface area contributed by atoms with Gasteiger partial charge in [-0.25, -0.2) is 0 Å². The summed E-state index contributed by atoms with van der Waals surface area (Å²) < 4.78 is 5.46. The topological polar surface area (TPSA) is 89.3 Å². The van der Waals surface area contributed by atoms with Crippen LogP contribution in [0, 0.1) is 0 Å². The Morgan fingerprint density at radius 3 is 2.83 bits per heavy atom. The van der Waals surface area contributed by atoms with E-state index in [1.54, 1.807) is 24.3 Å². The van der Waals surface area contributed by atoms with Crippen molar-refractivity contribution in [3.63, 3.8) is 0 Å². The number of rotatable bonds is 5. The number of benzene rings is 1. The smallest absolute Gasteiger partial charge is 0.273 e. The summed E-state index contributed by atoms with van der Waals surface area (Å²) in [7, 11) is 0. The first-order valence-electron chi connectivity index (χ1n) is 7.40. The highest BCUT2D eigenvalue weighted by Crippen LogP contribution is 2.14. The summed E-state index contributed by atoms with van der Waals surface area (Å²) in [6.07, 6.45) is 1.99. The Morgan fingerprint density at radius 2 is 2.17 bits per heavy atom. The normalized spacial score (nSPS) is 17.4. The number of aliphatic hydroxyl groups is 1. The van der Waals surface area contributed by atoms with Gasteiger partial charge in [0.05, 0.1) is 18.4 Å². The van der Waals surface area contributed by atoms with Crippen LogP contribution in [0.25, 0.3) is 5.69 Å². The number of carbonyl (C=O) groups is 1. The van der Waals surface area contributed by atoms with Crippen LogP contribution in [0.4, 0.5) is 0 Å². The first-order valence-corrected chi connectivity index (χ1v) is 7.78. The van der Waals surface area contributed by atoms with Crippen molar-refractivity contribution in [2.45, 2.75) is 25.6 Å². The second kappa shape index (κ2) is 7.08. The molecule has 23 heavy (non-hydrogen) atoms. The molecule has 2 aromatic rings. The van der Waals surface area contributed by atoms with Crippen molar-refractivity contribution in [3.05, 3.63) is 40.7 Å². The molecule has 1 saturated heterocycles. The first kappa shape index (κ1) is 15.9. The predicted molar refractivity (Wildman–Crippen MR) is 83.6 cm³/mol. The molecule has 0 radical (unpaired) electrons. The number of aromatic nitrogens is 3. The van der Waals surface area contributed by atoms with Gasteiger partial charge in [0.2, 0.25) is 0 Å². The Morgan fingerprint density at radius 1 is 1.39 bits per heavy atom. The second-order valence-electron chi connectivity index (χ2n) is 5.26. The molecule has 1 aliphatic rings. The molecule has 0 bridgehead atoms. The van der Waals surface area contributed by atoms with Crippen LogP contribution in [-0.4, -0.2) is 45.3 Å². The van der Waals surface area contributed by atoms with Gasteiger partial charge in [-0.15, -0.1) is 10.2 Å². The summed E-state index contributed by atoms with van der Waals surface area (Å²) in [5.74, 6) is -0.371. The zero-order valence-corrected chi connectivity index (χ0v) is 13.2. The average molecular weight is 337 g/mol. The number of ether oxygens (including phenoxy) is 1. The van der Waals surface area contributed by atoms with E-state index in [4.69, 9.17) is 16.3 Å². The minimum Gasteiger partial charge on any atom is -0.390 e. The maximum Gasteiger partial charge on any atom is 0.273 e. The van der Waals surface area contributed by atoms with Gasteiger partial charge in [0.15, 0.2) is 5.69 Å². The zero-order chi connectivity index (χ0) is 16.2. The molecule has 1 aliphatic heterocycles. The summed E-state index contributed by atoms with van der Waals surface area (Å²) in [5, 5.41) is 21.1. The van der Waals surface area contributed by atoms with Gasteiger partial charge in [-0.3, -0.25) is 4.79 Å². The minimum absolute atomic E-state index is 0.0443. The molecule has 1 fully saturated rings.